The van der Waals surface area contributed by atoms with Gasteiger partial charge in [-0.1, -0.05) is 29.4 Å². The van der Waals surface area contributed by atoms with Gasteiger partial charge >= 0.3 is 0 Å². The number of rotatable bonds is 5. The molecule has 0 aliphatic rings. The first-order chi connectivity index (χ1) is 10.8. The lowest BCUT2D eigenvalue weighted by molar-refractivity contribution is 0.241. The van der Waals surface area contributed by atoms with Crippen LogP contribution in [0.3, 0.4) is 0 Å². The maximum atomic E-state index is 5.69. The largest absolute Gasteiger partial charge is 0.496 e. The zero-order chi connectivity index (χ0) is 15.4. The van der Waals surface area contributed by atoms with E-state index < -0.39 is 0 Å². The fourth-order valence-electron chi connectivity index (χ4n) is 1.95. The highest BCUT2D eigenvalue weighted by Crippen LogP contribution is 2.27. The molecular formula is C16H13IN2O3. The number of methoxy groups -OCH3 is 1. The van der Waals surface area contributed by atoms with Crippen LogP contribution in [0.4, 0.5) is 0 Å². The summed E-state index contributed by atoms with van der Waals surface area (Å²) in [6.07, 6.45) is 0. The van der Waals surface area contributed by atoms with Gasteiger partial charge in [0.25, 0.3) is 5.89 Å². The molecule has 3 rings (SSSR count). The molecule has 0 saturated heterocycles. The molecule has 0 fully saturated rings. The predicted octanol–water partition coefficient (Wildman–Crippen LogP) is 3.93. The molecule has 0 N–H and O–H groups in total. The maximum Gasteiger partial charge on any atom is 0.264 e. The van der Waals surface area contributed by atoms with Crippen LogP contribution < -0.4 is 9.47 Å². The van der Waals surface area contributed by atoms with Gasteiger partial charge < -0.3 is 14.0 Å². The molecule has 0 bridgehead atoms. The Morgan fingerprint density at radius 3 is 2.55 bits per heavy atom. The summed E-state index contributed by atoms with van der Waals surface area (Å²) in [5.41, 5.74) is 0.786. The Kier molecular flexibility index (Phi) is 4.57. The van der Waals surface area contributed by atoms with Crippen molar-refractivity contribution in [1.82, 2.24) is 10.1 Å². The van der Waals surface area contributed by atoms with Crippen LogP contribution in [0.5, 0.6) is 11.5 Å². The number of aromatic nitrogens is 2. The highest BCUT2D eigenvalue weighted by Gasteiger charge is 2.13. The van der Waals surface area contributed by atoms with E-state index in [0.29, 0.717) is 17.5 Å². The van der Waals surface area contributed by atoms with E-state index in [2.05, 4.69) is 32.7 Å². The zero-order valence-corrected chi connectivity index (χ0v) is 14.0. The second-order valence-electron chi connectivity index (χ2n) is 4.43. The van der Waals surface area contributed by atoms with Crippen LogP contribution in [0.15, 0.2) is 53.1 Å². The summed E-state index contributed by atoms with van der Waals surface area (Å²) in [6, 6.07) is 15.3. The standard InChI is InChI=1S/C16H13IN2O3/c1-20-13-8-4-2-6-11(13)16-18-15(22-19-16)10-21-14-9-5-3-7-12(14)17/h2-9H,10H2,1H3. The minimum Gasteiger partial charge on any atom is -0.496 e. The number of ether oxygens (including phenoxy) is 2. The number of halogens is 1. The molecule has 5 nitrogen and oxygen atoms in total. The van der Waals surface area contributed by atoms with Crippen LogP contribution in [0.25, 0.3) is 11.4 Å². The zero-order valence-electron chi connectivity index (χ0n) is 11.8. The van der Waals surface area contributed by atoms with Crippen molar-refractivity contribution in [2.45, 2.75) is 6.61 Å². The molecule has 1 heterocycles. The summed E-state index contributed by atoms with van der Waals surface area (Å²) in [7, 11) is 1.61. The van der Waals surface area contributed by atoms with Gasteiger partial charge in [0.1, 0.15) is 11.5 Å². The summed E-state index contributed by atoms with van der Waals surface area (Å²) < 4.78 is 17.3. The molecule has 0 unspecified atom stereocenters. The van der Waals surface area contributed by atoms with E-state index in [1.807, 2.05) is 48.5 Å². The molecule has 112 valence electrons. The second-order valence-corrected chi connectivity index (χ2v) is 5.59. The third-order valence-electron chi connectivity index (χ3n) is 3.00. The van der Waals surface area contributed by atoms with Crippen LogP contribution >= 0.6 is 22.6 Å². The molecule has 1 aromatic heterocycles. The summed E-state index contributed by atoms with van der Waals surface area (Å²) in [4.78, 5) is 4.35. The summed E-state index contributed by atoms with van der Waals surface area (Å²) >= 11 is 2.22. The molecule has 0 radical (unpaired) electrons. The monoisotopic (exact) mass is 408 g/mol. The molecule has 2 aromatic carbocycles. The molecular weight excluding hydrogens is 395 g/mol. The lowest BCUT2D eigenvalue weighted by atomic mass is 10.2. The van der Waals surface area contributed by atoms with E-state index in [4.69, 9.17) is 14.0 Å². The summed E-state index contributed by atoms with van der Waals surface area (Å²) in [5, 5.41) is 3.98. The molecule has 0 spiro atoms. The molecule has 22 heavy (non-hydrogen) atoms. The third-order valence-corrected chi connectivity index (χ3v) is 3.89. The number of hydrogen-bond donors (Lipinski definition) is 0. The normalized spacial score (nSPS) is 10.5. The van der Waals surface area contributed by atoms with Gasteiger partial charge in [-0.3, -0.25) is 0 Å². The Hall–Kier alpha value is -2.09. The van der Waals surface area contributed by atoms with Gasteiger partial charge in [-0.15, -0.1) is 0 Å². The second kappa shape index (κ2) is 6.78. The molecule has 0 aliphatic heterocycles. The Bertz CT molecular complexity index is 773. The van der Waals surface area contributed by atoms with Crippen molar-refractivity contribution in [2.24, 2.45) is 0 Å². The lowest BCUT2D eigenvalue weighted by Crippen LogP contribution is -1.97. The quantitative estimate of drug-likeness (QED) is 0.599. The van der Waals surface area contributed by atoms with Crippen LogP contribution in [0.1, 0.15) is 5.89 Å². The maximum absolute atomic E-state index is 5.69. The van der Waals surface area contributed by atoms with Crippen LogP contribution in [0, 0.1) is 3.57 Å². The lowest BCUT2D eigenvalue weighted by Gasteiger charge is -2.04. The average Bonchev–Trinajstić information content (AvgIpc) is 3.03. The minimum atomic E-state index is 0.224. The van der Waals surface area contributed by atoms with Gasteiger partial charge in [0, 0.05) is 0 Å². The Balaban J connectivity index is 1.75. The third kappa shape index (κ3) is 3.22. The number of hydrogen-bond acceptors (Lipinski definition) is 5. The first kappa shape index (κ1) is 14.8. The van der Waals surface area contributed by atoms with E-state index in [1.54, 1.807) is 7.11 Å². The van der Waals surface area contributed by atoms with E-state index >= 15 is 0 Å². The van der Waals surface area contributed by atoms with Crippen molar-refractivity contribution in [3.63, 3.8) is 0 Å². The van der Waals surface area contributed by atoms with Crippen LogP contribution in [-0.4, -0.2) is 17.3 Å². The van der Waals surface area contributed by atoms with Crippen molar-refractivity contribution >= 4 is 22.6 Å². The van der Waals surface area contributed by atoms with Crippen LogP contribution in [0.2, 0.25) is 0 Å². The Labute approximate surface area is 141 Å². The van der Waals surface area contributed by atoms with E-state index in [9.17, 15) is 0 Å². The van der Waals surface area contributed by atoms with E-state index in [-0.39, 0.29) is 6.61 Å². The van der Waals surface area contributed by atoms with Gasteiger partial charge in [-0.05, 0) is 46.9 Å². The van der Waals surface area contributed by atoms with Crippen molar-refractivity contribution < 1.29 is 14.0 Å². The highest BCUT2D eigenvalue weighted by molar-refractivity contribution is 14.1. The first-order valence-electron chi connectivity index (χ1n) is 6.61. The fourth-order valence-corrected chi connectivity index (χ4v) is 2.50. The molecule has 0 saturated carbocycles. The van der Waals surface area contributed by atoms with Crippen molar-refractivity contribution in [3.05, 3.63) is 58.0 Å². The topological polar surface area (TPSA) is 57.4 Å². The first-order valence-corrected chi connectivity index (χ1v) is 7.69. The molecule has 0 atom stereocenters. The van der Waals surface area contributed by atoms with Gasteiger partial charge in [-0.25, -0.2) is 0 Å². The highest BCUT2D eigenvalue weighted by atomic mass is 127. The van der Waals surface area contributed by atoms with Crippen molar-refractivity contribution in [3.8, 4) is 22.9 Å². The predicted molar refractivity (Wildman–Crippen MR) is 89.8 cm³/mol. The van der Waals surface area contributed by atoms with Crippen molar-refractivity contribution in [2.75, 3.05) is 7.11 Å². The van der Waals surface area contributed by atoms with Crippen LogP contribution in [-0.2, 0) is 6.61 Å². The van der Waals surface area contributed by atoms with Gasteiger partial charge in [0.15, 0.2) is 6.61 Å². The number of nitrogens with zero attached hydrogens (tertiary/aromatic N) is 2. The fraction of sp³-hybridized carbons (Fsp3) is 0.125. The molecule has 0 amide bonds. The molecule has 6 heteroatoms. The Morgan fingerprint density at radius 2 is 1.77 bits per heavy atom. The average molecular weight is 408 g/mol. The van der Waals surface area contributed by atoms with Crippen molar-refractivity contribution in [1.29, 1.82) is 0 Å². The SMILES string of the molecule is COc1ccccc1-c1noc(COc2ccccc2I)n1. The number of benzene rings is 2. The van der Waals surface area contributed by atoms with Gasteiger partial charge in [-0.2, -0.15) is 4.98 Å². The minimum absolute atomic E-state index is 0.224. The smallest absolute Gasteiger partial charge is 0.264 e. The van der Waals surface area contributed by atoms with E-state index in [1.165, 1.54) is 0 Å². The molecule has 3 aromatic rings. The number of para-hydroxylation sites is 2. The Morgan fingerprint density at radius 1 is 1.05 bits per heavy atom. The van der Waals surface area contributed by atoms with Gasteiger partial charge in [0.05, 0.1) is 16.2 Å². The summed E-state index contributed by atoms with van der Waals surface area (Å²) in [6.45, 7) is 0.224. The molecule has 0 aliphatic carbocycles. The van der Waals surface area contributed by atoms with E-state index in [0.717, 1.165) is 14.9 Å². The van der Waals surface area contributed by atoms with Gasteiger partial charge in [0.2, 0.25) is 5.82 Å². The summed E-state index contributed by atoms with van der Waals surface area (Å²) in [5.74, 6) is 2.40.